The molecule has 0 aliphatic carbocycles. The molecule has 1 N–H and O–H groups in total. The molecule has 0 radical (unpaired) electrons. The molecule has 0 amide bonds. The second-order valence-electron chi connectivity index (χ2n) is 4.54. The van der Waals surface area contributed by atoms with E-state index in [9.17, 15) is 4.39 Å². The summed E-state index contributed by atoms with van der Waals surface area (Å²) in [4.78, 5) is 0. The molecule has 2 rings (SSSR count). The van der Waals surface area contributed by atoms with Gasteiger partial charge in [0, 0.05) is 6.42 Å². The van der Waals surface area contributed by atoms with Gasteiger partial charge in [-0.1, -0.05) is 50.1 Å². The third kappa shape index (κ3) is 6.99. The fourth-order valence-electron chi connectivity index (χ4n) is 1.96. The van der Waals surface area contributed by atoms with Crippen molar-refractivity contribution in [3.8, 4) is 17.6 Å². The molecular formula is C20H23FO2. The quantitative estimate of drug-likeness (QED) is 0.831. The number of aliphatic hydroxyl groups is 1. The third-order valence-electron chi connectivity index (χ3n) is 2.98. The lowest BCUT2D eigenvalue weighted by Crippen LogP contribution is -1.99. The van der Waals surface area contributed by atoms with Gasteiger partial charge < -0.3 is 9.84 Å². The molecule has 2 aromatic rings. The smallest absolute Gasteiger partial charge is 0.123 e. The number of benzene rings is 2. The molecule has 3 heteroatoms. The van der Waals surface area contributed by atoms with E-state index < -0.39 is 0 Å². The predicted octanol–water partition coefficient (Wildman–Crippen LogP) is 4.36. The van der Waals surface area contributed by atoms with Crippen molar-refractivity contribution in [1.29, 1.82) is 0 Å². The van der Waals surface area contributed by atoms with Crippen LogP contribution in [0.5, 0.6) is 5.75 Å². The molecule has 122 valence electrons. The van der Waals surface area contributed by atoms with Crippen molar-refractivity contribution in [2.45, 2.75) is 33.3 Å². The Balaban J connectivity index is 0.00000127. The van der Waals surface area contributed by atoms with E-state index in [1.54, 1.807) is 6.07 Å². The first-order chi connectivity index (χ1) is 11.3. The number of ether oxygens (including phenoxy) is 1. The maximum Gasteiger partial charge on any atom is 0.123 e. The number of rotatable bonds is 5. The van der Waals surface area contributed by atoms with E-state index in [0.717, 1.165) is 11.1 Å². The normalized spacial score (nSPS) is 9.22. The van der Waals surface area contributed by atoms with Crippen molar-refractivity contribution in [3.05, 3.63) is 65.5 Å². The summed E-state index contributed by atoms with van der Waals surface area (Å²) >= 11 is 0. The Kier molecular flexibility index (Phi) is 9.19. The minimum atomic E-state index is -0.285. The highest BCUT2D eigenvalue weighted by Gasteiger charge is 2.05. The van der Waals surface area contributed by atoms with Gasteiger partial charge in [-0.25, -0.2) is 4.39 Å². The van der Waals surface area contributed by atoms with Crippen LogP contribution in [0.15, 0.2) is 48.5 Å². The SMILES string of the molecule is CC.OCC#CCCc1cc(F)ccc1OCc1ccccc1. The summed E-state index contributed by atoms with van der Waals surface area (Å²) in [6, 6.07) is 14.3. The first-order valence-electron chi connectivity index (χ1n) is 7.81. The molecule has 0 fully saturated rings. The molecule has 0 heterocycles. The van der Waals surface area contributed by atoms with Gasteiger partial charge in [-0.15, -0.1) is 5.92 Å². The summed E-state index contributed by atoms with van der Waals surface area (Å²) in [6.07, 6.45) is 1.15. The molecule has 2 aromatic carbocycles. The van der Waals surface area contributed by atoms with Crippen LogP contribution in [0.4, 0.5) is 4.39 Å². The lowest BCUT2D eigenvalue weighted by Gasteiger charge is -2.11. The fraction of sp³-hybridized carbons (Fsp3) is 0.300. The second-order valence-corrected chi connectivity index (χ2v) is 4.54. The predicted molar refractivity (Wildman–Crippen MR) is 91.7 cm³/mol. The lowest BCUT2D eigenvalue weighted by molar-refractivity contribution is 0.302. The van der Waals surface area contributed by atoms with Crippen LogP contribution in [0.25, 0.3) is 0 Å². The fourth-order valence-corrected chi connectivity index (χ4v) is 1.96. The van der Waals surface area contributed by atoms with E-state index >= 15 is 0 Å². The zero-order chi connectivity index (χ0) is 16.9. The monoisotopic (exact) mass is 314 g/mol. The Morgan fingerprint density at radius 3 is 2.48 bits per heavy atom. The summed E-state index contributed by atoms with van der Waals surface area (Å²) in [5.74, 6) is 5.79. The number of hydrogen-bond acceptors (Lipinski definition) is 2. The van der Waals surface area contributed by atoms with Crippen LogP contribution < -0.4 is 4.74 Å². The molecular weight excluding hydrogens is 291 g/mol. The van der Waals surface area contributed by atoms with E-state index in [2.05, 4.69) is 11.8 Å². The van der Waals surface area contributed by atoms with E-state index in [0.29, 0.717) is 25.2 Å². The summed E-state index contributed by atoms with van der Waals surface area (Å²) in [5, 5.41) is 8.61. The largest absolute Gasteiger partial charge is 0.489 e. The molecule has 23 heavy (non-hydrogen) atoms. The molecule has 0 aliphatic rings. The minimum Gasteiger partial charge on any atom is -0.489 e. The van der Waals surface area contributed by atoms with Gasteiger partial charge in [-0.3, -0.25) is 0 Å². The highest BCUT2D eigenvalue weighted by Crippen LogP contribution is 2.22. The van der Waals surface area contributed by atoms with Gasteiger partial charge in [0.25, 0.3) is 0 Å². The van der Waals surface area contributed by atoms with Crippen LogP contribution in [0.3, 0.4) is 0 Å². The van der Waals surface area contributed by atoms with Gasteiger partial charge >= 0.3 is 0 Å². The molecule has 0 saturated heterocycles. The van der Waals surface area contributed by atoms with Gasteiger partial charge in [0.1, 0.15) is 24.8 Å². The third-order valence-corrected chi connectivity index (χ3v) is 2.98. The van der Waals surface area contributed by atoms with Crippen LogP contribution >= 0.6 is 0 Å². The average molecular weight is 314 g/mol. The average Bonchev–Trinajstić information content (AvgIpc) is 2.60. The maximum absolute atomic E-state index is 13.4. The molecule has 2 nitrogen and oxygen atoms in total. The Morgan fingerprint density at radius 2 is 1.78 bits per heavy atom. The van der Waals surface area contributed by atoms with Crippen molar-refractivity contribution in [2.75, 3.05) is 6.61 Å². The van der Waals surface area contributed by atoms with E-state index in [1.807, 2.05) is 44.2 Å². The molecule has 0 aromatic heterocycles. The van der Waals surface area contributed by atoms with Crippen LogP contribution in [-0.2, 0) is 13.0 Å². The number of aliphatic hydroxyl groups excluding tert-OH is 1. The van der Waals surface area contributed by atoms with Gasteiger partial charge in [0.2, 0.25) is 0 Å². The first kappa shape index (κ1) is 18.7. The Bertz CT molecular complexity index is 627. The zero-order valence-electron chi connectivity index (χ0n) is 13.7. The topological polar surface area (TPSA) is 29.5 Å². The highest BCUT2D eigenvalue weighted by molar-refractivity contribution is 5.35. The zero-order valence-corrected chi connectivity index (χ0v) is 13.7. The van der Waals surface area contributed by atoms with Crippen molar-refractivity contribution in [1.82, 2.24) is 0 Å². The summed E-state index contributed by atoms with van der Waals surface area (Å²) in [5.41, 5.74) is 1.85. The molecule has 0 bridgehead atoms. The number of aryl methyl sites for hydroxylation is 1. The van der Waals surface area contributed by atoms with Crippen LogP contribution in [0.2, 0.25) is 0 Å². The molecule has 0 atom stereocenters. The van der Waals surface area contributed by atoms with Crippen molar-refractivity contribution >= 4 is 0 Å². The van der Waals surface area contributed by atoms with Crippen molar-refractivity contribution in [2.24, 2.45) is 0 Å². The van der Waals surface area contributed by atoms with Gasteiger partial charge in [0.15, 0.2) is 0 Å². The second kappa shape index (κ2) is 11.3. The van der Waals surface area contributed by atoms with Crippen molar-refractivity contribution in [3.63, 3.8) is 0 Å². The number of hydrogen-bond donors (Lipinski definition) is 1. The molecule has 0 saturated carbocycles. The Labute approximate surface area is 137 Å². The minimum absolute atomic E-state index is 0.152. The standard InChI is InChI=1S/C18H17FO2.C2H6/c19-17-10-11-18(16(13-17)9-5-2-6-12-20)21-14-15-7-3-1-4-8-15;1-2/h1,3-4,7-8,10-11,13,20H,5,9,12,14H2;1-2H3. The number of halogens is 1. The molecule has 0 aliphatic heterocycles. The summed E-state index contributed by atoms with van der Waals surface area (Å²) < 4.78 is 19.1. The van der Waals surface area contributed by atoms with E-state index in [4.69, 9.17) is 9.84 Å². The van der Waals surface area contributed by atoms with Gasteiger partial charge in [0.05, 0.1) is 0 Å². The summed E-state index contributed by atoms with van der Waals surface area (Å²) in [6.45, 7) is 4.29. The highest BCUT2D eigenvalue weighted by atomic mass is 19.1. The van der Waals surface area contributed by atoms with Crippen molar-refractivity contribution < 1.29 is 14.2 Å². The summed E-state index contributed by atoms with van der Waals surface area (Å²) in [7, 11) is 0. The van der Waals surface area contributed by atoms with Gasteiger partial charge in [-0.05, 0) is 35.7 Å². The Hall–Kier alpha value is -2.31. The molecule has 0 spiro atoms. The van der Waals surface area contributed by atoms with E-state index in [1.165, 1.54) is 12.1 Å². The maximum atomic E-state index is 13.4. The first-order valence-corrected chi connectivity index (χ1v) is 7.81. The van der Waals surface area contributed by atoms with Crippen LogP contribution in [0.1, 0.15) is 31.4 Å². The van der Waals surface area contributed by atoms with Gasteiger partial charge in [-0.2, -0.15) is 0 Å². The van der Waals surface area contributed by atoms with E-state index in [-0.39, 0.29) is 12.4 Å². The Morgan fingerprint density at radius 1 is 1.04 bits per heavy atom. The lowest BCUT2D eigenvalue weighted by atomic mass is 10.1. The van der Waals surface area contributed by atoms with Crippen LogP contribution in [-0.4, -0.2) is 11.7 Å². The molecule has 0 unspecified atom stereocenters. The van der Waals surface area contributed by atoms with Crippen LogP contribution in [0, 0.1) is 17.7 Å².